The van der Waals surface area contributed by atoms with Crippen molar-refractivity contribution in [3.8, 4) is 11.5 Å². The largest absolute Gasteiger partial charge is 0.486 e. The molecule has 0 aliphatic carbocycles. The lowest BCUT2D eigenvalue weighted by Gasteiger charge is -2.35. The number of morpholine rings is 1. The minimum Gasteiger partial charge on any atom is -0.486 e. The van der Waals surface area contributed by atoms with Gasteiger partial charge in [0, 0.05) is 26.2 Å². The monoisotopic (exact) mass is 428 g/mol. The van der Waals surface area contributed by atoms with E-state index in [2.05, 4.69) is 18.7 Å². The molecule has 1 aromatic carbocycles. The fraction of sp³-hybridized carbons (Fsp3) is 0.542. The van der Waals surface area contributed by atoms with E-state index in [-0.39, 0.29) is 5.91 Å². The maximum absolute atomic E-state index is 13.4. The van der Waals surface area contributed by atoms with Gasteiger partial charge in [-0.25, -0.2) is 0 Å². The first kappa shape index (κ1) is 21.7. The molecule has 168 valence electrons. The molecular weight excluding hydrogens is 396 g/mol. The number of hydrogen-bond acceptors (Lipinski definition) is 6. The van der Waals surface area contributed by atoms with Crippen LogP contribution in [-0.2, 0) is 22.6 Å². The Bertz CT molecular complexity index is 894. The summed E-state index contributed by atoms with van der Waals surface area (Å²) in [5, 5.41) is 0. The van der Waals surface area contributed by atoms with Crippen molar-refractivity contribution in [2.45, 2.75) is 40.0 Å². The molecule has 0 bridgehead atoms. The molecule has 7 nitrogen and oxygen atoms in total. The topological polar surface area (TPSA) is 64.4 Å². The highest BCUT2D eigenvalue weighted by atomic mass is 16.6. The number of hydrogen-bond donors (Lipinski definition) is 0. The smallest absolute Gasteiger partial charge is 0.253 e. The van der Waals surface area contributed by atoms with Gasteiger partial charge in [0.15, 0.2) is 11.5 Å². The third-order valence-corrected chi connectivity index (χ3v) is 5.48. The van der Waals surface area contributed by atoms with Gasteiger partial charge in [-0.15, -0.1) is 0 Å². The number of amides is 1. The summed E-state index contributed by atoms with van der Waals surface area (Å²) in [6.45, 7) is 11.1. The molecule has 1 atom stereocenters. The van der Waals surface area contributed by atoms with E-state index in [4.69, 9.17) is 18.6 Å². The lowest BCUT2D eigenvalue weighted by atomic mass is 10.1. The molecule has 2 aliphatic heterocycles. The molecular formula is C24H32N2O5. The zero-order valence-electron chi connectivity index (χ0n) is 18.6. The Kier molecular flexibility index (Phi) is 6.83. The number of fused-ring (bicyclic) bond motifs is 1. The van der Waals surface area contributed by atoms with Crippen LogP contribution in [0.2, 0.25) is 0 Å². The van der Waals surface area contributed by atoms with Crippen molar-refractivity contribution in [2.75, 3.05) is 39.5 Å². The lowest BCUT2D eigenvalue weighted by molar-refractivity contribution is -0.151. The molecule has 4 rings (SSSR count). The van der Waals surface area contributed by atoms with Crippen molar-refractivity contribution in [3.63, 3.8) is 0 Å². The van der Waals surface area contributed by atoms with Crippen LogP contribution in [0.1, 0.15) is 30.9 Å². The fourth-order valence-corrected chi connectivity index (χ4v) is 4.07. The van der Waals surface area contributed by atoms with E-state index in [0.717, 1.165) is 35.1 Å². The molecule has 1 saturated heterocycles. The summed E-state index contributed by atoms with van der Waals surface area (Å²) >= 11 is 0. The van der Waals surface area contributed by atoms with Crippen molar-refractivity contribution < 1.29 is 23.4 Å². The Hall–Kier alpha value is -2.51. The number of furan rings is 1. The number of aryl methyl sites for hydroxylation is 1. The van der Waals surface area contributed by atoms with Crippen LogP contribution < -0.4 is 9.47 Å². The van der Waals surface area contributed by atoms with Gasteiger partial charge >= 0.3 is 0 Å². The van der Waals surface area contributed by atoms with Crippen LogP contribution in [0.4, 0.5) is 0 Å². The molecule has 3 heterocycles. The van der Waals surface area contributed by atoms with Crippen LogP contribution >= 0.6 is 0 Å². The van der Waals surface area contributed by atoms with Gasteiger partial charge in [0.1, 0.15) is 30.8 Å². The Morgan fingerprint density at radius 1 is 1.13 bits per heavy atom. The average Bonchev–Trinajstić information content (AvgIpc) is 3.17. The second-order valence-corrected chi connectivity index (χ2v) is 8.70. The first-order chi connectivity index (χ1) is 15.0. The molecule has 7 heteroatoms. The number of carbonyl (C=O) groups excluding carboxylic acids is 1. The maximum Gasteiger partial charge on any atom is 0.253 e. The first-order valence-electron chi connectivity index (χ1n) is 11.0. The molecule has 0 N–H and O–H groups in total. The second-order valence-electron chi connectivity index (χ2n) is 8.70. The number of rotatable bonds is 7. The Balaban J connectivity index is 1.43. The van der Waals surface area contributed by atoms with Gasteiger partial charge in [0.25, 0.3) is 5.91 Å². The maximum atomic E-state index is 13.4. The number of carbonyl (C=O) groups is 1. The Morgan fingerprint density at radius 3 is 2.68 bits per heavy atom. The Morgan fingerprint density at radius 2 is 1.94 bits per heavy atom. The standard InChI is InChI=1S/C24H32N2O5/c1-17(2)13-26(14-19-5-7-21-22(12-19)30-11-10-29-21)24(27)23-16-25(8-9-28-23)15-20-6-4-18(3)31-20/h4-7,12,17,23H,8-11,13-16H2,1-3H3. The highest BCUT2D eigenvalue weighted by Gasteiger charge is 2.31. The summed E-state index contributed by atoms with van der Waals surface area (Å²) in [4.78, 5) is 17.6. The quantitative estimate of drug-likeness (QED) is 0.675. The zero-order chi connectivity index (χ0) is 21.8. The predicted molar refractivity (Wildman–Crippen MR) is 116 cm³/mol. The molecule has 1 amide bonds. The third kappa shape index (κ3) is 5.60. The summed E-state index contributed by atoms with van der Waals surface area (Å²) in [5.41, 5.74) is 1.02. The molecule has 0 radical (unpaired) electrons. The van der Waals surface area contributed by atoms with Gasteiger partial charge in [-0.2, -0.15) is 0 Å². The van der Waals surface area contributed by atoms with E-state index < -0.39 is 6.10 Å². The van der Waals surface area contributed by atoms with E-state index in [1.165, 1.54) is 0 Å². The summed E-state index contributed by atoms with van der Waals surface area (Å²) < 4.78 is 22.9. The van der Waals surface area contributed by atoms with Crippen LogP contribution in [0, 0.1) is 12.8 Å². The average molecular weight is 429 g/mol. The normalized spacial score (nSPS) is 18.9. The van der Waals surface area contributed by atoms with Crippen LogP contribution in [0.15, 0.2) is 34.7 Å². The van der Waals surface area contributed by atoms with Crippen molar-refractivity contribution in [1.29, 1.82) is 0 Å². The van der Waals surface area contributed by atoms with Gasteiger partial charge in [-0.3, -0.25) is 9.69 Å². The zero-order valence-corrected chi connectivity index (χ0v) is 18.6. The second kappa shape index (κ2) is 9.75. The van der Waals surface area contributed by atoms with Crippen molar-refractivity contribution >= 4 is 5.91 Å². The van der Waals surface area contributed by atoms with Crippen LogP contribution in [0.3, 0.4) is 0 Å². The number of nitrogens with zero attached hydrogens (tertiary/aromatic N) is 2. The molecule has 1 fully saturated rings. The van der Waals surface area contributed by atoms with Gasteiger partial charge in [0.2, 0.25) is 0 Å². The SMILES string of the molecule is Cc1ccc(CN2CCOC(C(=O)N(Cc3ccc4c(c3)OCCO4)CC(C)C)C2)o1. The van der Waals surface area contributed by atoms with Crippen molar-refractivity contribution in [1.82, 2.24) is 9.80 Å². The molecule has 1 aromatic heterocycles. The summed E-state index contributed by atoms with van der Waals surface area (Å²) in [6, 6.07) is 9.86. The minimum atomic E-state index is -0.472. The van der Waals surface area contributed by atoms with E-state index >= 15 is 0 Å². The molecule has 0 spiro atoms. The minimum absolute atomic E-state index is 0.0314. The first-order valence-corrected chi connectivity index (χ1v) is 11.0. The van der Waals surface area contributed by atoms with Gasteiger partial charge in [0.05, 0.1) is 13.2 Å². The van der Waals surface area contributed by atoms with E-state index in [1.54, 1.807) is 0 Å². The van der Waals surface area contributed by atoms with E-state index in [9.17, 15) is 4.79 Å². The summed E-state index contributed by atoms with van der Waals surface area (Å²) in [5.74, 6) is 3.71. The van der Waals surface area contributed by atoms with Crippen molar-refractivity contribution in [3.05, 3.63) is 47.4 Å². The Labute approximate surface area is 183 Å². The fourth-order valence-electron chi connectivity index (χ4n) is 4.07. The van der Waals surface area contributed by atoms with Crippen LogP contribution in [-0.4, -0.2) is 61.3 Å². The summed E-state index contributed by atoms with van der Waals surface area (Å²) in [6.07, 6.45) is -0.472. The lowest BCUT2D eigenvalue weighted by Crippen LogP contribution is -2.51. The van der Waals surface area contributed by atoms with Crippen molar-refractivity contribution in [2.24, 2.45) is 5.92 Å². The van der Waals surface area contributed by atoms with Crippen LogP contribution in [0.5, 0.6) is 11.5 Å². The molecule has 31 heavy (non-hydrogen) atoms. The van der Waals surface area contributed by atoms with Gasteiger partial charge in [-0.05, 0) is 42.7 Å². The third-order valence-electron chi connectivity index (χ3n) is 5.48. The molecule has 1 unspecified atom stereocenters. The number of benzene rings is 1. The highest BCUT2D eigenvalue weighted by molar-refractivity contribution is 5.81. The van der Waals surface area contributed by atoms with Gasteiger partial charge < -0.3 is 23.5 Å². The number of ether oxygens (including phenoxy) is 3. The van der Waals surface area contributed by atoms with E-state index in [1.807, 2.05) is 42.2 Å². The summed E-state index contributed by atoms with van der Waals surface area (Å²) in [7, 11) is 0. The van der Waals surface area contributed by atoms with Crippen LogP contribution in [0.25, 0.3) is 0 Å². The van der Waals surface area contributed by atoms with E-state index in [0.29, 0.717) is 51.9 Å². The molecule has 2 aromatic rings. The van der Waals surface area contributed by atoms with Gasteiger partial charge in [-0.1, -0.05) is 19.9 Å². The molecule has 0 saturated carbocycles. The predicted octanol–water partition coefficient (Wildman–Crippen LogP) is 3.24. The molecule has 2 aliphatic rings. The highest BCUT2D eigenvalue weighted by Crippen LogP contribution is 2.31.